The smallest absolute Gasteiger partial charge is 0.271 e. The van der Waals surface area contributed by atoms with Gasteiger partial charge in [0.2, 0.25) is 0 Å². The fourth-order valence-electron chi connectivity index (χ4n) is 3.14. The molecule has 166 valence electrons. The zero-order valence-electron chi connectivity index (χ0n) is 18.9. The number of nitrogens with zero attached hydrogens (tertiary/aromatic N) is 1. The van der Waals surface area contributed by atoms with E-state index in [1.54, 1.807) is 18.3 Å². The molecule has 0 radical (unpaired) electrons. The summed E-state index contributed by atoms with van der Waals surface area (Å²) in [5, 5.41) is 4.01. The van der Waals surface area contributed by atoms with E-state index in [2.05, 4.69) is 49.5 Å². The Bertz CT molecular complexity index is 1030. The zero-order valence-corrected chi connectivity index (χ0v) is 18.9. The van der Waals surface area contributed by atoms with Gasteiger partial charge in [0.25, 0.3) is 5.91 Å². The summed E-state index contributed by atoms with van der Waals surface area (Å²) in [6.45, 7) is 7.60. The first-order valence-electron chi connectivity index (χ1n) is 10.9. The Morgan fingerprint density at radius 3 is 2.41 bits per heavy atom. The lowest BCUT2D eigenvalue weighted by molar-refractivity contribution is 0.0955. The molecule has 32 heavy (non-hydrogen) atoms. The number of amides is 1. The number of carbonyl (C=O) groups excluding carboxylic acids is 1. The van der Waals surface area contributed by atoms with Crippen LogP contribution in [0.25, 0.3) is 0 Å². The van der Waals surface area contributed by atoms with Crippen LogP contribution in [0.2, 0.25) is 0 Å². The lowest BCUT2D eigenvalue weighted by atomic mass is 10.0. The van der Waals surface area contributed by atoms with Crippen molar-refractivity contribution in [2.45, 2.75) is 33.1 Å². The molecule has 0 saturated heterocycles. The van der Waals surface area contributed by atoms with Crippen molar-refractivity contribution in [3.63, 3.8) is 0 Å². The van der Waals surface area contributed by atoms with Gasteiger partial charge < -0.3 is 9.47 Å². The minimum Gasteiger partial charge on any atom is -0.493 e. The Kier molecular flexibility index (Phi) is 8.44. The van der Waals surface area contributed by atoms with Crippen molar-refractivity contribution in [3.8, 4) is 11.5 Å². The van der Waals surface area contributed by atoms with Crippen LogP contribution in [0.1, 0.15) is 53.2 Å². The largest absolute Gasteiger partial charge is 0.493 e. The van der Waals surface area contributed by atoms with Gasteiger partial charge in [-0.25, -0.2) is 5.43 Å². The molecule has 0 aliphatic heterocycles. The molecule has 1 amide bonds. The van der Waals surface area contributed by atoms with Crippen LogP contribution in [-0.4, -0.2) is 25.3 Å². The fraction of sp³-hybridized carbons (Fsp3) is 0.259. The number of rotatable bonds is 10. The van der Waals surface area contributed by atoms with Gasteiger partial charge in [0, 0.05) is 12.0 Å². The molecule has 5 nitrogen and oxygen atoms in total. The molecule has 0 unspecified atom stereocenters. The van der Waals surface area contributed by atoms with E-state index >= 15 is 0 Å². The maximum absolute atomic E-state index is 12.0. The lowest BCUT2D eigenvalue weighted by Gasteiger charge is -2.15. The van der Waals surface area contributed by atoms with Crippen LogP contribution in [0.5, 0.6) is 11.5 Å². The third kappa shape index (κ3) is 6.98. The van der Waals surface area contributed by atoms with E-state index in [0.717, 1.165) is 23.5 Å². The molecule has 5 heteroatoms. The summed E-state index contributed by atoms with van der Waals surface area (Å²) in [6, 6.07) is 22.9. The van der Waals surface area contributed by atoms with Gasteiger partial charge in [-0.15, -0.1) is 0 Å². The highest BCUT2D eigenvalue weighted by Gasteiger charge is 2.08. The number of hydrogen-bond acceptors (Lipinski definition) is 4. The number of benzene rings is 3. The first-order chi connectivity index (χ1) is 15.5. The van der Waals surface area contributed by atoms with E-state index < -0.39 is 0 Å². The van der Waals surface area contributed by atoms with Crippen LogP contribution < -0.4 is 14.9 Å². The van der Waals surface area contributed by atoms with E-state index in [9.17, 15) is 4.79 Å². The van der Waals surface area contributed by atoms with Crippen LogP contribution >= 0.6 is 0 Å². The van der Waals surface area contributed by atoms with Gasteiger partial charge in [-0.2, -0.15) is 5.10 Å². The number of aryl methyl sites for hydroxylation is 1. The van der Waals surface area contributed by atoms with Crippen molar-refractivity contribution in [3.05, 3.63) is 95.1 Å². The third-order valence-corrected chi connectivity index (χ3v) is 4.90. The lowest BCUT2D eigenvalue weighted by Crippen LogP contribution is -2.17. The standard InChI is InChI=1S/C27H30N2O3/c1-20(2)25-15-10-21(3)18-26(25)32-17-7-16-31-24-13-11-22(12-14-24)19-28-29-27(30)23-8-5-4-6-9-23/h4-6,8-15,18-20H,7,16-17H2,1-3H3,(H,29,30)/b28-19+. The minimum atomic E-state index is -0.241. The van der Waals surface area contributed by atoms with Gasteiger partial charge in [0.15, 0.2) is 0 Å². The predicted molar refractivity (Wildman–Crippen MR) is 129 cm³/mol. The first kappa shape index (κ1) is 23.1. The van der Waals surface area contributed by atoms with Crippen molar-refractivity contribution in [2.24, 2.45) is 5.10 Å². The average molecular weight is 431 g/mol. The molecular formula is C27H30N2O3. The monoisotopic (exact) mass is 430 g/mol. The molecule has 0 bridgehead atoms. The highest BCUT2D eigenvalue weighted by Crippen LogP contribution is 2.27. The molecule has 0 fully saturated rings. The van der Waals surface area contributed by atoms with Crippen LogP contribution in [0, 0.1) is 6.92 Å². The Morgan fingerprint density at radius 1 is 0.969 bits per heavy atom. The van der Waals surface area contributed by atoms with Crippen LogP contribution in [0.15, 0.2) is 77.9 Å². The second-order valence-electron chi connectivity index (χ2n) is 7.88. The van der Waals surface area contributed by atoms with Crippen molar-refractivity contribution in [2.75, 3.05) is 13.2 Å². The van der Waals surface area contributed by atoms with E-state index in [4.69, 9.17) is 9.47 Å². The van der Waals surface area contributed by atoms with E-state index in [1.807, 2.05) is 42.5 Å². The highest BCUT2D eigenvalue weighted by atomic mass is 16.5. The molecule has 0 heterocycles. The second kappa shape index (κ2) is 11.7. The zero-order chi connectivity index (χ0) is 22.8. The quantitative estimate of drug-likeness (QED) is 0.254. The summed E-state index contributed by atoms with van der Waals surface area (Å²) in [4.78, 5) is 12.0. The average Bonchev–Trinajstić information content (AvgIpc) is 2.80. The molecule has 1 N–H and O–H groups in total. The summed E-state index contributed by atoms with van der Waals surface area (Å²) in [5.74, 6) is 1.93. The summed E-state index contributed by atoms with van der Waals surface area (Å²) < 4.78 is 11.8. The van der Waals surface area contributed by atoms with Crippen LogP contribution in [0.3, 0.4) is 0 Å². The molecule has 0 aromatic heterocycles. The van der Waals surface area contributed by atoms with Crippen molar-refractivity contribution >= 4 is 12.1 Å². The van der Waals surface area contributed by atoms with Crippen molar-refractivity contribution < 1.29 is 14.3 Å². The summed E-state index contributed by atoms with van der Waals surface area (Å²) in [5.41, 5.74) is 6.39. The minimum absolute atomic E-state index is 0.241. The van der Waals surface area contributed by atoms with E-state index in [1.165, 1.54) is 11.1 Å². The summed E-state index contributed by atoms with van der Waals surface area (Å²) >= 11 is 0. The normalized spacial score (nSPS) is 11.0. The summed E-state index contributed by atoms with van der Waals surface area (Å²) in [6.07, 6.45) is 2.40. The van der Waals surface area contributed by atoms with Gasteiger partial charge in [-0.3, -0.25) is 4.79 Å². The predicted octanol–water partition coefficient (Wildman–Crippen LogP) is 5.73. The fourth-order valence-corrected chi connectivity index (χ4v) is 3.14. The molecule has 0 aliphatic carbocycles. The summed E-state index contributed by atoms with van der Waals surface area (Å²) in [7, 11) is 0. The maximum Gasteiger partial charge on any atom is 0.271 e. The molecule has 0 aliphatic rings. The Hall–Kier alpha value is -3.60. The highest BCUT2D eigenvalue weighted by molar-refractivity contribution is 5.94. The molecule has 0 spiro atoms. The van der Waals surface area contributed by atoms with Crippen molar-refractivity contribution in [1.82, 2.24) is 5.43 Å². The van der Waals surface area contributed by atoms with E-state index in [0.29, 0.717) is 24.7 Å². The molecule has 3 aromatic rings. The topological polar surface area (TPSA) is 59.9 Å². The molecule has 3 rings (SSSR count). The Morgan fingerprint density at radius 2 is 1.69 bits per heavy atom. The van der Waals surface area contributed by atoms with Gasteiger partial charge in [0.1, 0.15) is 11.5 Å². The number of hydrazone groups is 1. The molecule has 3 aromatic carbocycles. The Labute approximate surface area is 190 Å². The maximum atomic E-state index is 12.0. The van der Waals surface area contributed by atoms with E-state index in [-0.39, 0.29) is 5.91 Å². The van der Waals surface area contributed by atoms with Gasteiger partial charge >= 0.3 is 0 Å². The number of ether oxygens (including phenoxy) is 2. The van der Waals surface area contributed by atoms with Gasteiger partial charge in [-0.1, -0.05) is 44.2 Å². The number of hydrogen-bond donors (Lipinski definition) is 1. The second-order valence-corrected chi connectivity index (χ2v) is 7.88. The number of carbonyl (C=O) groups is 1. The van der Waals surface area contributed by atoms with Gasteiger partial charge in [0.05, 0.1) is 19.4 Å². The van der Waals surface area contributed by atoms with Gasteiger partial charge in [-0.05, 0) is 72.0 Å². The first-order valence-corrected chi connectivity index (χ1v) is 10.9. The molecular weight excluding hydrogens is 400 g/mol. The third-order valence-electron chi connectivity index (χ3n) is 4.90. The molecule has 0 atom stereocenters. The van der Waals surface area contributed by atoms with Crippen LogP contribution in [0.4, 0.5) is 0 Å². The van der Waals surface area contributed by atoms with Crippen molar-refractivity contribution in [1.29, 1.82) is 0 Å². The molecule has 0 saturated carbocycles. The Balaban J connectivity index is 1.40. The SMILES string of the molecule is Cc1ccc(C(C)C)c(OCCCOc2ccc(/C=N/NC(=O)c3ccccc3)cc2)c1. The number of nitrogens with one attached hydrogen (secondary N) is 1. The van der Waals surface area contributed by atoms with Crippen LogP contribution in [-0.2, 0) is 0 Å².